The molecule has 8 atom stereocenters. The highest BCUT2D eigenvalue weighted by Gasteiger charge is 2.70. The van der Waals surface area contributed by atoms with Gasteiger partial charge >= 0.3 is 5.97 Å². The smallest absolute Gasteiger partial charge is 0.309 e. The summed E-state index contributed by atoms with van der Waals surface area (Å²) in [6, 6.07) is 9.33. The summed E-state index contributed by atoms with van der Waals surface area (Å²) in [5.74, 6) is 1.80. The first-order chi connectivity index (χ1) is 27.0. The van der Waals surface area contributed by atoms with E-state index < -0.39 is 11.4 Å². The summed E-state index contributed by atoms with van der Waals surface area (Å²) in [5.41, 5.74) is 5.17. The van der Waals surface area contributed by atoms with Gasteiger partial charge in [-0.2, -0.15) is 0 Å². The number of carbonyl (C=O) groups excluding carboxylic acids is 2. The van der Waals surface area contributed by atoms with Crippen molar-refractivity contribution in [3.8, 4) is 0 Å². The lowest BCUT2D eigenvalue weighted by Crippen LogP contribution is -2.65. The minimum atomic E-state index is -1.02. The summed E-state index contributed by atoms with van der Waals surface area (Å²) in [4.78, 5) is 44.9. The number of carboxylic acid groups (broad SMARTS) is 1. The quantitative estimate of drug-likeness (QED) is 0.202. The van der Waals surface area contributed by atoms with Crippen molar-refractivity contribution in [3.05, 3.63) is 46.5 Å². The minimum absolute atomic E-state index is 0.0119. The van der Waals surface area contributed by atoms with Crippen molar-refractivity contribution >= 4 is 17.5 Å². The Bertz CT molecular complexity index is 1800. The van der Waals surface area contributed by atoms with Crippen LogP contribution in [-0.4, -0.2) is 66.2 Å². The monoisotopic (exact) mass is 797 g/mol. The van der Waals surface area contributed by atoms with Gasteiger partial charge in [-0.25, -0.2) is 0 Å². The minimum Gasteiger partial charge on any atom is -0.481 e. The maximum atomic E-state index is 14.4. The van der Waals surface area contributed by atoms with Crippen LogP contribution < -0.4 is 0 Å². The number of allylic oxidation sites excluding steroid dienone is 2. The van der Waals surface area contributed by atoms with Crippen LogP contribution in [-0.2, 0) is 19.9 Å². The summed E-state index contributed by atoms with van der Waals surface area (Å²) in [6.07, 6.45) is 14.1. The molecule has 1 aromatic carbocycles. The van der Waals surface area contributed by atoms with E-state index in [1.807, 2.05) is 0 Å². The van der Waals surface area contributed by atoms with Crippen LogP contribution in [0.1, 0.15) is 163 Å². The molecule has 0 radical (unpaired) electrons. The van der Waals surface area contributed by atoms with E-state index in [0.717, 1.165) is 45.3 Å². The molecule has 0 aromatic heterocycles. The molecular weight excluding hydrogens is 717 g/mol. The number of ketones is 2. The molecule has 5 saturated carbocycles. The number of carboxylic acids is 1. The van der Waals surface area contributed by atoms with E-state index in [4.69, 9.17) is 0 Å². The number of likely N-dealkylation sites (N-methyl/N-ethyl adjacent to an activating group) is 1. The van der Waals surface area contributed by atoms with Crippen LogP contribution in [0, 0.1) is 69.0 Å². The molecule has 6 heteroatoms. The van der Waals surface area contributed by atoms with Gasteiger partial charge in [0.25, 0.3) is 0 Å². The summed E-state index contributed by atoms with van der Waals surface area (Å²) < 4.78 is 0. The summed E-state index contributed by atoms with van der Waals surface area (Å²) >= 11 is 0. The van der Waals surface area contributed by atoms with Crippen molar-refractivity contribution in [1.82, 2.24) is 9.80 Å². The third kappa shape index (κ3) is 6.93. The second-order valence-corrected chi connectivity index (χ2v) is 23.6. The summed E-state index contributed by atoms with van der Waals surface area (Å²) in [7, 11) is 4.39. The number of carbonyl (C=O) groups is 3. The van der Waals surface area contributed by atoms with Crippen LogP contribution in [0.3, 0.4) is 0 Å². The van der Waals surface area contributed by atoms with E-state index in [1.165, 1.54) is 61.6 Å². The number of benzene rings is 1. The number of rotatable bonds is 14. The molecule has 0 aliphatic heterocycles. The Labute approximate surface area is 352 Å². The Kier molecular flexibility index (Phi) is 11.3. The van der Waals surface area contributed by atoms with Gasteiger partial charge in [-0.3, -0.25) is 19.3 Å². The largest absolute Gasteiger partial charge is 0.481 e. The maximum Gasteiger partial charge on any atom is 0.309 e. The van der Waals surface area contributed by atoms with Crippen molar-refractivity contribution in [2.24, 2.45) is 62.1 Å². The van der Waals surface area contributed by atoms with Gasteiger partial charge in [0.05, 0.1) is 5.41 Å². The van der Waals surface area contributed by atoms with Crippen molar-refractivity contribution in [2.75, 3.05) is 33.7 Å². The number of aryl methyl sites for hydroxylation is 1. The molecule has 6 aliphatic rings. The SMILES string of the molecule is Cc1ccc(C2(N(CCN(C)C)CCC34CCC5(C)C(CCC6C7(C)CCC(CC(=O)CC(C)(C)C(=O)O)C(C)(C)C7CCC65C)C3=C(C(C)C)C(=O)C4)CC2)cc1. The van der Waals surface area contributed by atoms with Crippen LogP contribution in [0.25, 0.3) is 0 Å². The average Bonchev–Trinajstić information content (AvgIpc) is 3.86. The van der Waals surface area contributed by atoms with Gasteiger partial charge in [0, 0.05) is 43.3 Å². The number of nitrogens with zero attached hydrogens (tertiary/aromatic N) is 2. The van der Waals surface area contributed by atoms with E-state index in [0.29, 0.717) is 36.4 Å². The number of Topliss-reactive ketones (excluding diaryl/α,β-unsaturated/α-hetero) is 2. The Morgan fingerprint density at radius 1 is 0.828 bits per heavy atom. The Morgan fingerprint density at radius 2 is 1.50 bits per heavy atom. The molecule has 6 nitrogen and oxygen atoms in total. The highest BCUT2D eigenvalue weighted by Crippen LogP contribution is 2.77. The van der Waals surface area contributed by atoms with Crippen LogP contribution in [0.5, 0.6) is 0 Å². The number of hydrogen-bond acceptors (Lipinski definition) is 5. The van der Waals surface area contributed by atoms with Gasteiger partial charge < -0.3 is 10.0 Å². The first-order valence-electron chi connectivity index (χ1n) is 23.5. The second-order valence-electron chi connectivity index (χ2n) is 23.6. The van der Waals surface area contributed by atoms with Gasteiger partial charge in [-0.05, 0) is 174 Å². The number of fused-ring (bicyclic) bond motifs is 7. The van der Waals surface area contributed by atoms with Gasteiger partial charge in [0.15, 0.2) is 5.78 Å². The molecule has 322 valence electrons. The fraction of sp³-hybridized carbons (Fsp3) is 0.788. The van der Waals surface area contributed by atoms with Crippen LogP contribution >= 0.6 is 0 Å². The molecular formula is C52H80N2O4. The molecule has 1 aromatic rings. The van der Waals surface area contributed by atoms with Crippen LogP contribution in [0.4, 0.5) is 0 Å². The van der Waals surface area contributed by atoms with Crippen molar-refractivity contribution in [3.63, 3.8) is 0 Å². The predicted octanol–water partition coefficient (Wildman–Crippen LogP) is 11.3. The van der Waals surface area contributed by atoms with Crippen LogP contribution in [0.15, 0.2) is 35.4 Å². The van der Waals surface area contributed by atoms with E-state index in [2.05, 4.69) is 104 Å². The van der Waals surface area contributed by atoms with Crippen molar-refractivity contribution < 1.29 is 19.5 Å². The lowest BCUT2D eigenvalue weighted by molar-refractivity contribution is -0.221. The van der Waals surface area contributed by atoms with Gasteiger partial charge in [0.2, 0.25) is 0 Å². The molecule has 0 spiro atoms. The zero-order valence-corrected chi connectivity index (χ0v) is 38.8. The molecule has 0 amide bonds. The lowest BCUT2D eigenvalue weighted by Gasteiger charge is -2.72. The Hall–Kier alpha value is -2.31. The summed E-state index contributed by atoms with van der Waals surface area (Å²) in [6.45, 7) is 26.1. The van der Waals surface area contributed by atoms with Crippen LogP contribution in [0.2, 0.25) is 0 Å². The third-order valence-electron chi connectivity index (χ3n) is 19.1. The van der Waals surface area contributed by atoms with Gasteiger partial charge in [-0.15, -0.1) is 0 Å². The Morgan fingerprint density at radius 3 is 2.10 bits per heavy atom. The Balaban J connectivity index is 1.16. The zero-order valence-electron chi connectivity index (χ0n) is 38.8. The van der Waals surface area contributed by atoms with E-state index in [-0.39, 0.29) is 56.7 Å². The third-order valence-corrected chi connectivity index (χ3v) is 19.1. The molecule has 7 rings (SSSR count). The predicted molar refractivity (Wildman–Crippen MR) is 235 cm³/mol. The van der Waals surface area contributed by atoms with Gasteiger partial charge in [-0.1, -0.05) is 83.9 Å². The maximum absolute atomic E-state index is 14.4. The molecule has 58 heavy (non-hydrogen) atoms. The first-order valence-corrected chi connectivity index (χ1v) is 23.5. The summed E-state index contributed by atoms with van der Waals surface area (Å²) in [5, 5.41) is 9.73. The number of hydrogen-bond donors (Lipinski definition) is 1. The molecule has 0 bridgehead atoms. The van der Waals surface area contributed by atoms with E-state index in [9.17, 15) is 19.5 Å². The normalized spacial score (nSPS) is 36.4. The standard InChI is InChI=1S/C52H80N2O4/c1-34(2)43-40(56)33-51(27-28-54(30-29-53(11)12)52(25-26-52)36-15-13-35(3)14-16-36)24-23-49(9)39(44(43)51)17-18-42-48(8)21-19-37(31-38(55)32-46(4,5)45(57)58)47(6,7)41(48)20-22-50(42,49)10/h13-16,34,37,39,41-42H,17-33H2,1-12H3,(H,57,58). The number of aliphatic carboxylic acids is 1. The van der Waals surface area contributed by atoms with Gasteiger partial charge in [0.1, 0.15) is 5.78 Å². The average molecular weight is 797 g/mol. The molecule has 8 unspecified atom stereocenters. The van der Waals surface area contributed by atoms with E-state index in [1.54, 1.807) is 19.4 Å². The topological polar surface area (TPSA) is 77.9 Å². The highest BCUT2D eigenvalue weighted by molar-refractivity contribution is 6.00. The highest BCUT2D eigenvalue weighted by atomic mass is 16.4. The van der Waals surface area contributed by atoms with Crippen molar-refractivity contribution in [1.29, 1.82) is 0 Å². The molecule has 0 heterocycles. The fourth-order valence-corrected chi connectivity index (χ4v) is 15.4. The fourth-order valence-electron chi connectivity index (χ4n) is 15.4. The molecule has 6 aliphatic carbocycles. The second kappa shape index (κ2) is 14.9. The molecule has 5 fully saturated rings. The van der Waals surface area contributed by atoms with Crippen molar-refractivity contribution in [2.45, 2.75) is 165 Å². The first kappa shape index (κ1) is 43.8. The molecule has 1 N–H and O–H groups in total. The zero-order chi connectivity index (χ0) is 42.4. The lowest BCUT2D eigenvalue weighted by atomic mass is 9.32. The molecule has 0 saturated heterocycles. The van der Waals surface area contributed by atoms with E-state index >= 15 is 0 Å².